The number of aliphatic hydroxyl groups excluding tert-OH is 1. The van der Waals surface area contributed by atoms with Gasteiger partial charge in [-0.2, -0.15) is 0 Å². The number of nitrogen functional groups attached to an aromatic ring is 1. The molecule has 0 unspecified atom stereocenters. The van der Waals surface area contributed by atoms with E-state index in [-0.39, 0.29) is 30.0 Å². The molecule has 0 radical (unpaired) electrons. The van der Waals surface area contributed by atoms with Gasteiger partial charge in [-0.05, 0) is 17.7 Å². The Labute approximate surface area is 128 Å². The minimum Gasteiger partial charge on any atom is -0.395 e. The summed E-state index contributed by atoms with van der Waals surface area (Å²) in [6.45, 7) is 0.514. The van der Waals surface area contributed by atoms with Crippen LogP contribution in [0, 0.1) is 0 Å². The van der Waals surface area contributed by atoms with Gasteiger partial charge in [0.05, 0.1) is 6.61 Å². The first-order valence-electron chi connectivity index (χ1n) is 6.47. The molecule has 0 aliphatic heterocycles. The highest BCUT2D eigenvalue weighted by Crippen LogP contribution is 2.15. The Bertz CT molecular complexity index is 599. The Morgan fingerprint density at radius 2 is 2.00 bits per heavy atom. The van der Waals surface area contributed by atoms with Crippen molar-refractivity contribution in [3.05, 3.63) is 58.7 Å². The monoisotopic (exact) mass is 305 g/mol. The summed E-state index contributed by atoms with van der Waals surface area (Å²) in [6.07, 6.45) is 0. The van der Waals surface area contributed by atoms with Crippen molar-refractivity contribution in [2.75, 3.05) is 18.9 Å². The van der Waals surface area contributed by atoms with Crippen LogP contribution >= 0.6 is 11.6 Å². The second kappa shape index (κ2) is 7.06. The van der Waals surface area contributed by atoms with Crippen molar-refractivity contribution >= 4 is 23.3 Å². The number of hydrogen-bond donors (Lipinski definition) is 2. The summed E-state index contributed by atoms with van der Waals surface area (Å²) in [4.78, 5) is 17.9. The number of nitrogens with two attached hydrogens (primary N) is 1. The van der Waals surface area contributed by atoms with Crippen molar-refractivity contribution in [2.45, 2.75) is 6.54 Å². The van der Waals surface area contributed by atoms with Crippen molar-refractivity contribution in [1.29, 1.82) is 0 Å². The fourth-order valence-electron chi connectivity index (χ4n) is 2.00. The molecular weight excluding hydrogens is 290 g/mol. The summed E-state index contributed by atoms with van der Waals surface area (Å²) in [7, 11) is 0. The van der Waals surface area contributed by atoms with Gasteiger partial charge in [0.15, 0.2) is 0 Å². The minimum absolute atomic E-state index is 0.118. The number of carbonyl (C=O) groups is 1. The zero-order valence-electron chi connectivity index (χ0n) is 11.4. The second-order valence-electron chi connectivity index (χ2n) is 4.54. The van der Waals surface area contributed by atoms with Crippen LogP contribution in [0.4, 0.5) is 5.82 Å². The molecule has 0 bridgehead atoms. The Hall–Kier alpha value is -2.11. The molecular formula is C15H16ClN3O2. The molecule has 0 fully saturated rings. The van der Waals surface area contributed by atoms with Crippen LogP contribution in [0.2, 0.25) is 5.15 Å². The molecule has 0 saturated heterocycles. The molecule has 1 aromatic carbocycles. The minimum atomic E-state index is -0.246. The maximum atomic E-state index is 12.5. The highest BCUT2D eigenvalue weighted by atomic mass is 35.5. The van der Waals surface area contributed by atoms with E-state index in [9.17, 15) is 4.79 Å². The highest BCUT2D eigenvalue weighted by Gasteiger charge is 2.17. The fourth-order valence-corrected chi connectivity index (χ4v) is 2.22. The standard InChI is InChI=1S/C15H16ClN3O2/c16-13-8-12(9-14(17)18-13)15(21)19(6-7-20)10-11-4-2-1-3-5-11/h1-5,8-9,20H,6-7,10H2,(H2,17,18). The van der Waals surface area contributed by atoms with Crippen LogP contribution in [0.15, 0.2) is 42.5 Å². The molecule has 1 heterocycles. The van der Waals surface area contributed by atoms with Crippen molar-refractivity contribution in [3.63, 3.8) is 0 Å². The molecule has 0 aliphatic rings. The molecule has 2 aromatic rings. The SMILES string of the molecule is Nc1cc(C(=O)N(CCO)Cc2ccccc2)cc(Cl)n1. The molecule has 0 spiro atoms. The normalized spacial score (nSPS) is 10.4. The molecule has 0 saturated carbocycles. The smallest absolute Gasteiger partial charge is 0.254 e. The van der Waals surface area contributed by atoms with Gasteiger partial charge in [0, 0.05) is 18.7 Å². The number of amides is 1. The Balaban J connectivity index is 2.22. The first kappa shape index (κ1) is 15.3. The zero-order valence-corrected chi connectivity index (χ0v) is 12.1. The van der Waals surface area contributed by atoms with Crippen LogP contribution in [0.5, 0.6) is 0 Å². The van der Waals surface area contributed by atoms with Crippen molar-refractivity contribution in [1.82, 2.24) is 9.88 Å². The van der Waals surface area contributed by atoms with Crippen LogP contribution in [0.3, 0.4) is 0 Å². The first-order chi connectivity index (χ1) is 10.1. The summed E-state index contributed by atoms with van der Waals surface area (Å²) >= 11 is 5.82. The number of carbonyl (C=O) groups excluding carboxylic acids is 1. The molecule has 5 nitrogen and oxygen atoms in total. The maximum absolute atomic E-state index is 12.5. The molecule has 1 amide bonds. The quantitative estimate of drug-likeness (QED) is 0.828. The number of hydrogen-bond acceptors (Lipinski definition) is 4. The van der Waals surface area contributed by atoms with E-state index in [2.05, 4.69) is 4.98 Å². The maximum Gasteiger partial charge on any atom is 0.254 e. The number of benzene rings is 1. The number of aliphatic hydroxyl groups is 1. The van der Waals surface area contributed by atoms with Gasteiger partial charge in [0.1, 0.15) is 11.0 Å². The zero-order chi connectivity index (χ0) is 15.2. The number of rotatable bonds is 5. The van der Waals surface area contributed by atoms with Gasteiger partial charge in [-0.25, -0.2) is 4.98 Å². The van der Waals surface area contributed by atoms with E-state index in [1.165, 1.54) is 12.1 Å². The van der Waals surface area contributed by atoms with Gasteiger partial charge >= 0.3 is 0 Å². The lowest BCUT2D eigenvalue weighted by Crippen LogP contribution is -2.33. The first-order valence-corrected chi connectivity index (χ1v) is 6.85. The largest absolute Gasteiger partial charge is 0.395 e. The lowest BCUT2D eigenvalue weighted by Gasteiger charge is -2.22. The molecule has 0 aliphatic carbocycles. The Morgan fingerprint density at radius 3 is 2.62 bits per heavy atom. The third-order valence-electron chi connectivity index (χ3n) is 2.93. The van der Waals surface area contributed by atoms with Crippen LogP contribution < -0.4 is 5.73 Å². The predicted octanol–water partition coefficient (Wildman–Crippen LogP) is 1.95. The third-order valence-corrected chi connectivity index (χ3v) is 3.13. The molecule has 2 rings (SSSR count). The second-order valence-corrected chi connectivity index (χ2v) is 4.93. The number of aromatic nitrogens is 1. The Morgan fingerprint density at radius 1 is 1.29 bits per heavy atom. The van der Waals surface area contributed by atoms with Crippen molar-refractivity contribution < 1.29 is 9.90 Å². The van der Waals surface area contributed by atoms with Gasteiger partial charge in [-0.1, -0.05) is 41.9 Å². The van der Waals surface area contributed by atoms with E-state index >= 15 is 0 Å². The van der Waals surface area contributed by atoms with E-state index in [4.69, 9.17) is 22.4 Å². The lowest BCUT2D eigenvalue weighted by molar-refractivity contribution is 0.0708. The van der Waals surface area contributed by atoms with Gasteiger partial charge < -0.3 is 15.7 Å². The van der Waals surface area contributed by atoms with Crippen LogP contribution in [0.1, 0.15) is 15.9 Å². The van der Waals surface area contributed by atoms with E-state index in [1.807, 2.05) is 30.3 Å². The highest BCUT2D eigenvalue weighted by molar-refractivity contribution is 6.29. The topological polar surface area (TPSA) is 79.5 Å². The van der Waals surface area contributed by atoms with Crippen molar-refractivity contribution in [2.24, 2.45) is 0 Å². The van der Waals surface area contributed by atoms with Crippen LogP contribution in [-0.4, -0.2) is 34.0 Å². The van der Waals surface area contributed by atoms with E-state index < -0.39 is 0 Å². The molecule has 6 heteroatoms. The van der Waals surface area contributed by atoms with E-state index in [1.54, 1.807) is 4.90 Å². The lowest BCUT2D eigenvalue weighted by atomic mass is 10.1. The summed E-state index contributed by atoms with van der Waals surface area (Å²) in [5.74, 6) is -0.0570. The number of anilines is 1. The molecule has 110 valence electrons. The van der Waals surface area contributed by atoms with Crippen LogP contribution in [0.25, 0.3) is 0 Å². The molecule has 1 aromatic heterocycles. The van der Waals surface area contributed by atoms with Crippen molar-refractivity contribution in [3.8, 4) is 0 Å². The number of halogens is 1. The molecule has 0 atom stereocenters. The van der Waals surface area contributed by atoms with E-state index in [0.717, 1.165) is 5.56 Å². The third kappa shape index (κ3) is 4.18. The summed E-state index contributed by atoms with van der Waals surface area (Å²) in [5, 5.41) is 9.33. The van der Waals surface area contributed by atoms with Gasteiger partial charge in [0.25, 0.3) is 5.91 Å². The summed E-state index contributed by atoms with van der Waals surface area (Å²) < 4.78 is 0. The number of pyridine rings is 1. The van der Waals surface area contributed by atoms with E-state index in [0.29, 0.717) is 12.1 Å². The Kier molecular flexibility index (Phi) is 5.14. The van der Waals surface area contributed by atoms with Gasteiger partial charge in [-0.3, -0.25) is 4.79 Å². The fraction of sp³-hybridized carbons (Fsp3) is 0.200. The average molecular weight is 306 g/mol. The van der Waals surface area contributed by atoms with Gasteiger partial charge in [0.2, 0.25) is 0 Å². The van der Waals surface area contributed by atoms with Gasteiger partial charge in [-0.15, -0.1) is 0 Å². The van der Waals surface area contributed by atoms with Crippen LogP contribution in [-0.2, 0) is 6.54 Å². The molecule has 3 N–H and O–H groups in total. The predicted molar refractivity (Wildman–Crippen MR) is 81.9 cm³/mol. The molecule has 21 heavy (non-hydrogen) atoms. The average Bonchev–Trinajstić information content (AvgIpc) is 2.46. The summed E-state index contributed by atoms with van der Waals surface area (Å²) in [6, 6.07) is 12.5. The summed E-state index contributed by atoms with van der Waals surface area (Å²) in [5.41, 5.74) is 6.95. The number of nitrogens with zero attached hydrogens (tertiary/aromatic N) is 2.